The molecule has 3 N–H and O–H groups in total. The summed E-state index contributed by atoms with van der Waals surface area (Å²) in [6, 6.07) is 4.51. The second-order valence-electron chi connectivity index (χ2n) is 5.82. The van der Waals surface area contributed by atoms with Gasteiger partial charge in [0.2, 0.25) is 0 Å². The van der Waals surface area contributed by atoms with Crippen LogP contribution in [-0.4, -0.2) is 42.5 Å². The molecule has 0 atom stereocenters. The van der Waals surface area contributed by atoms with Gasteiger partial charge in [0, 0.05) is 60.2 Å². The van der Waals surface area contributed by atoms with E-state index in [1.165, 1.54) is 12.1 Å². The summed E-state index contributed by atoms with van der Waals surface area (Å²) in [6.45, 7) is 0. The van der Waals surface area contributed by atoms with Crippen LogP contribution in [0, 0.1) is 5.82 Å². The van der Waals surface area contributed by atoms with Crippen molar-refractivity contribution < 1.29 is 29.0 Å². The van der Waals surface area contributed by atoms with Crippen molar-refractivity contribution >= 4 is 28.6 Å². The zero-order valence-electron chi connectivity index (χ0n) is 14.9. The molecule has 0 aliphatic rings. The van der Waals surface area contributed by atoms with E-state index in [9.17, 15) is 18.8 Å². The number of fused-ring (bicyclic) bond motifs is 1. The van der Waals surface area contributed by atoms with E-state index < -0.39 is 11.9 Å². The lowest BCUT2D eigenvalue weighted by atomic mass is 10.0. The third kappa shape index (κ3) is 5.63. The van der Waals surface area contributed by atoms with E-state index in [0.717, 1.165) is 11.2 Å². The molecule has 146 valence electrons. The minimum Gasteiger partial charge on any atom is -0.478 e. The molecule has 8 nitrogen and oxygen atoms in total. The fourth-order valence-electron chi connectivity index (χ4n) is 2.53. The van der Waals surface area contributed by atoms with Gasteiger partial charge in [0.1, 0.15) is 5.82 Å². The maximum atomic E-state index is 13.4. The number of H-pyrrole nitrogens is 1. The van der Waals surface area contributed by atoms with Gasteiger partial charge >= 0.3 is 11.9 Å². The fraction of sp³-hybridized carbons (Fsp3) is 0.158. The zero-order chi connectivity index (χ0) is 20.7. The molecule has 0 aliphatic carbocycles. The highest BCUT2D eigenvalue weighted by Crippen LogP contribution is 2.23. The summed E-state index contributed by atoms with van der Waals surface area (Å²) >= 11 is 0. The standard InChI is InChI=1S/C15H14FN3O.C4H4O4/c1-19-8-13(12-6-10(16)2-4-14(12)19)15(20)5-3-11-7-17-9-18-11;5-3(6)1-2-4(7)8/h2,4,6-9H,3,5H2,1H3,(H,17,18);1-2H,(H,5,6)(H,7,8)/b;2-1-. The third-order valence-electron chi connectivity index (χ3n) is 3.80. The Balaban J connectivity index is 0.000000300. The number of aromatic nitrogens is 3. The lowest BCUT2D eigenvalue weighted by molar-refractivity contribution is -0.134. The van der Waals surface area contributed by atoms with Crippen molar-refractivity contribution in [3.8, 4) is 0 Å². The van der Waals surface area contributed by atoms with Crippen molar-refractivity contribution in [1.82, 2.24) is 14.5 Å². The van der Waals surface area contributed by atoms with Crippen molar-refractivity contribution in [3.63, 3.8) is 0 Å². The smallest absolute Gasteiger partial charge is 0.328 e. The molecular weight excluding hydrogens is 369 g/mol. The van der Waals surface area contributed by atoms with Crippen LogP contribution in [-0.2, 0) is 23.1 Å². The molecule has 3 rings (SSSR count). The summed E-state index contributed by atoms with van der Waals surface area (Å²) in [5.41, 5.74) is 2.35. The van der Waals surface area contributed by atoms with Crippen LogP contribution in [0.4, 0.5) is 4.39 Å². The number of carboxylic acid groups (broad SMARTS) is 2. The van der Waals surface area contributed by atoms with Crippen LogP contribution in [0.15, 0.2) is 49.1 Å². The number of rotatable bonds is 6. The van der Waals surface area contributed by atoms with Gasteiger partial charge in [-0.25, -0.2) is 19.0 Å². The maximum absolute atomic E-state index is 13.4. The Morgan fingerprint density at radius 1 is 1.21 bits per heavy atom. The van der Waals surface area contributed by atoms with E-state index in [4.69, 9.17) is 10.2 Å². The van der Waals surface area contributed by atoms with E-state index in [0.29, 0.717) is 35.9 Å². The van der Waals surface area contributed by atoms with Crippen molar-refractivity contribution in [1.29, 1.82) is 0 Å². The minimum absolute atomic E-state index is 0.0100. The molecule has 1 aromatic carbocycles. The Bertz CT molecular complexity index is 1010. The number of aromatic amines is 1. The van der Waals surface area contributed by atoms with E-state index in [1.54, 1.807) is 24.8 Å². The first kappa shape index (κ1) is 20.6. The highest BCUT2D eigenvalue weighted by molar-refractivity contribution is 6.08. The number of halogens is 1. The number of Topliss-reactive ketones (excluding diaryl/α,β-unsaturated/α-hetero) is 1. The van der Waals surface area contributed by atoms with Crippen LogP contribution in [0.25, 0.3) is 10.9 Å². The first-order valence-electron chi connectivity index (χ1n) is 8.17. The number of hydrogen-bond donors (Lipinski definition) is 3. The molecule has 28 heavy (non-hydrogen) atoms. The molecule has 0 saturated heterocycles. The van der Waals surface area contributed by atoms with Gasteiger partial charge in [-0.15, -0.1) is 0 Å². The second kappa shape index (κ2) is 9.26. The average Bonchev–Trinajstić information content (AvgIpc) is 3.26. The number of nitrogens with one attached hydrogen (secondary N) is 1. The van der Waals surface area contributed by atoms with Gasteiger partial charge in [0.15, 0.2) is 5.78 Å². The molecule has 0 saturated carbocycles. The maximum Gasteiger partial charge on any atom is 0.328 e. The van der Waals surface area contributed by atoms with Crippen LogP contribution in [0.3, 0.4) is 0 Å². The van der Waals surface area contributed by atoms with Crippen molar-refractivity contribution in [2.75, 3.05) is 0 Å². The summed E-state index contributed by atoms with van der Waals surface area (Å²) in [5, 5.41) is 16.3. The normalized spacial score (nSPS) is 10.6. The van der Waals surface area contributed by atoms with Crippen LogP contribution in [0.1, 0.15) is 22.5 Å². The number of carboxylic acids is 2. The number of nitrogens with zero attached hydrogens (tertiary/aromatic N) is 2. The number of aliphatic carboxylic acids is 2. The topological polar surface area (TPSA) is 125 Å². The van der Waals surface area contributed by atoms with Gasteiger partial charge in [-0.3, -0.25) is 4.79 Å². The minimum atomic E-state index is -1.26. The number of carbonyl (C=O) groups excluding carboxylic acids is 1. The van der Waals surface area contributed by atoms with Gasteiger partial charge in [0.05, 0.1) is 6.33 Å². The number of carbonyl (C=O) groups is 3. The van der Waals surface area contributed by atoms with Gasteiger partial charge in [0.25, 0.3) is 0 Å². The van der Waals surface area contributed by atoms with Crippen molar-refractivity contribution in [2.45, 2.75) is 12.8 Å². The summed E-state index contributed by atoms with van der Waals surface area (Å²) in [7, 11) is 1.85. The van der Waals surface area contributed by atoms with Crippen molar-refractivity contribution in [2.24, 2.45) is 7.05 Å². The molecular formula is C19H18FN3O5. The largest absolute Gasteiger partial charge is 0.478 e. The quantitative estimate of drug-likeness (QED) is 0.441. The number of hydrogen-bond acceptors (Lipinski definition) is 4. The van der Waals surface area contributed by atoms with Crippen LogP contribution in [0.5, 0.6) is 0 Å². The number of ketones is 1. The van der Waals surface area contributed by atoms with Crippen LogP contribution in [0.2, 0.25) is 0 Å². The lowest BCUT2D eigenvalue weighted by Crippen LogP contribution is -2.01. The van der Waals surface area contributed by atoms with Gasteiger partial charge in [-0.1, -0.05) is 0 Å². The molecule has 2 aromatic heterocycles. The Labute approximate surface area is 158 Å². The molecule has 2 heterocycles. The second-order valence-corrected chi connectivity index (χ2v) is 5.82. The predicted molar refractivity (Wildman–Crippen MR) is 98.5 cm³/mol. The molecule has 3 aromatic rings. The van der Waals surface area contributed by atoms with Gasteiger partial charge in [-0.2, -0.15) is 0 Å². The first-order valence-corrected chi connectivity index (χ1v) is 8.17. The SMILES string of the molecule is Cn1cc(C(=O)CCc2cnc[nH]2)c2cc(F)ccc21.O=C(O)/C=C\C(=O)O. The van der Waals surface area contributed by atoms with Crippen molar-refractivity contribution in [3.05, 3.63) is 66.1 Å². The summed E-state index contributed by atoms with van der Waals surface area (Å²) in [4.78, 5) is 38.3. The first-order chi connectivity index (χ1) is 13.3. The molecule has 0 spiro atoms. The zero-order valence-corrected chi connectivity index (χ0v) is 14.9. The van der Waals surface area contributed by atoms with Gasteiger partial charge in [-0.05, 0) is 24.6 Å². The monoisotopic (exact) mass is 387 g/mol. The average molecular weight is 387 g/mol. The highest BCUT2D eigenvalue weighted by Gasteiger charge is 2.14. The molecule has 0 bridgehead atoms. The van der Waals surface area contributed by atoms with Gasteiger partial charge < -0.3 is 19.8 Å². The Kier molecular flexibility index (Phi) is 6.80. The Hall–Kier alpha value is -3.75. The van der Waals surface area contributed by atoms with Crippen LogP contribution >= 0.6 is 0 Å². The molecule has 0 radical (unpaired) electrons. The van der Waals surface area contributed by atoms with E-state index in [2.05, 4.69) is 9.97 Å². The van der Waals surface area contributed by atoms with E-state index >= 15 is 0 Å². The number of imidazole rings is 1. The Morgan fingerprint density at radius 3 is 2.46 bits per heavy atom. The molecule has 9 heteroatoms. The van der Waals surface area contributed by atoms with E-state index in [-0.39, 0.29) is 11.6 Å². The number of aryl methyl sites for hydroxylation is 2. The summed E-state index contributed by atoms with van der Waals surface area (Å²) in [6.07, 6.45) is 7.15. The molecule has 0 amide bonds. The predicted octanol–water partition coefficient (Wildman–Crippen LogP) is 2.57. The Morgan fingerprint density at radius 2 is 1.89 bits per heavy atom. The fourth-order valence-corrected chi connectivity index (χ4v) is 2.53. The lowest BCUT2D eigenvalue weighted by Gasteiger charge is -1.99. The molecule has 0 fully saturated rings. The summed E-state index contributed by atoms with van der Waals surface area (Å²) in [5.74, 6) is -2.83. The summed E-state index contributed by atoms with van der Waals surface area (Å²) < 4.78 is 15.2. The van der Waals surface area contributed by atoms with E-state index in [1.807, 2.05) is 11.6 Å². The molecule has 0 aliphatic heterocycles. The highest BCUT2D eigenvalue weighted by atomic mass is 19.1. The third-order valence-corrected chi connectivity index (χ3v) is 3.80. The molecule has 0 unspecified atom stereocenters. The van der Waals surface area contributed by atoms with Crippen LogP contribution < -0.4 is 0 Å². The number of benzene rings is 1.